The van der Waals surface area contributed by atoms with Gasteiger partial charge in [-0.3, -0.25) is 4.99 Å². The molecule has 0 saturated carbocycles. The van der Waals surface area contributed by atoms with E-state index in [9.17, 15) is 0 Å². The van der Waals surface area contributed by atoms with Gasteiger partial charge in [-0.2, -0.15) is 0 Å². The second-order valence-electron chi connectivity index (χ2n) is 6.20. The Labute approximate surface area is 166 Å². The lowest BCUT2D eigenvalue weighted by Gasteiger charge is -2.07. The van der Waals surface area contributed by atoms with Gasteiger partial charge in [-0.05, 0) is 42.3 Å². The molecule has 2 heterocycles. The van der Waals surface area contributed by atoms with Crippen molar-refractivity contribution < 1.29 is 0 Å². The maximum absolute atomic E-state index is 6.03. The smallest absolute Gasteiger partial charge is 0.183 e. The number of nitrogens with zero attached hydrogens (tertiary/aromatic N) is 2. The summed E-state index contributed by atoms with van der Waals surface area (Å²) in [5, 5.41) is 10.1. The van der Waals surface area contributed by atoms with Gasteiger partial charge >= 0.3 is 0 Å². The Morgan fingerprint density at radius 1 is 1.19 bits per heavy atom. The first-order valence-electron chi connectivity index (χ1n) is 8.53. The molecule has 0 radical (unpaired) electrons. The van der Waals surface area contributed by atoms with Crippen LogP contribution in [0.5, 0.6) is 0 Å². The first-order valence-corrected chi connectivity index (χ1v) is 10.6. The predicted molar refractivity (Wildman–Crippen MR) is 116 cm³/mol. The Bertz CT molecular complexity index is 936. The fourth-order valence-corrected chi connectivity index (χ4v) is 4.74. The third kappa shape index (κ3) is 4.31. The van der Waals surface area contributed by atoms with Crippen LogP contribution in [0.25, 0.3) is 10.2 Å². The van der Waals surface area contributed by atoms with E-state index >= 15 is 0 Å². The molecule has 26 heavy (non-hydrogen) atoms. The molecule has 2 N–H and O–H groups in total. The van der Waals surface area contributed by atoms with E-state index in [1.807, 2.05) is 18.2 Å². The Balaban J connectivity index is 1.30. The summed E-state index contributed by atoms with van der Waals surface area (Å²) in [5.41, 5.74) is 3.37. The number of thioether (sulfide) groups is 1. The van der Waals surface area contributed by atoms with E-state index in [-0.39, 0.29) is 0 Å². The Morgan fingerprint density at radius 2 is 2.04 bits per heavy atom. The van der Waals surface area contributed by atoms with Gasteiger partial charge in [0.2, 0.25) is 0 Å². The largest absolute Gasteiger partial charge is 0.361 e. The number of amidine groups is 1. The van der Waals surface area contributed by atoms with Crippen molar-refractivity contribution >= 4 is 60.9 Å². The van der Waals surface area contributed by atoms with Crippen LogP contribution in [0.15, 0.2) is 47.5 Å². The molecule has 0 amide bonds. The summed E-state index contributed by atoms with van der Waals surface area (Å²) >= 11 is 9.46. The van der Waals surface area contributed by atoms with Gasteiger partial charge in [0.25, 0.3) is 0 Å². The Kier molecular flexibility index (Phi) is 5.33. The van der Waals surface area contributed by atoms with Crippen molar-refractivity contribution in [1.29, 1.82) is 0 Å². The summed E-state index contributed by atoms with van der Waals surface area (Å²) in [6, 6.07) is 14.3. The van der Waals surface area contributed by atoms with Crippen LogP contribution in [-0.4, -0.2) is 28.5 Å². The van der Waals surface area contributed by atoms with Crippen LogP contribution in [0, 0.1) is 0 Å². The number of aromatic nitrogens is 1. The third-order valence-corrected chi connectivity index (χ3v) is 6.27. The number of nitrogens with one attached hydrogen (secondary N) is 2. The molecule has 4 rings (SSSR count). The van der Waals surface area contributed by atoms with Gasteiger partial charge in [-0.1, -0.05) is 53.8 Å². The molecular formula is C19H19ClN4S2. The standard InChI is InChI=1S/C19H19ClN4S2/c1-12-11-22-19(25-12)23-15-5-2-13(3-6-15)8-9-21-18-24-16-7-4-14(20)10-17(16)26-18/h2-7,10,12H,8-9,11H2,1H3,(H,21,24)(H,22,23). The van der Waals surface area contributed by atoms with E-state index in [1.54, 1.807) is 23.1 Å². The first kappa shape index (κ1) is 17.6. The summed E-state index contributed by atoms with van der Waals surface area (Å²) < 4.78 is 1.11. The molecule has 7 heteroatoms. The molecule has 1 unspecified atom stereocenters. The van der Waals surface area contributed by atoms with Crippen molar-refractivity contribution in [3.05, 3.63) is 53.1 Å². The van der Waals surface area contributed by atoms with Crippen LogP contribution in [-0.2, 0) is 6.42 Å². The molecule has 4 nitrogen and oxygen atoms in total. The molecule has 3 aromatic rings. The van der Waals surface area contributed by atoms with Crippen molar-refractivity contribution in [2.24, 2.45) is 4.99 Å². The molecular weight excluding hydrogens is 384 g/mol. The molecule has 1 aromatic heterocycles. The van der Waals surface area contributed by atoms with Crippen molar-refractivity contribution in [3.63, 3.8) is 0 Å². The highest BCUT2D eigenvalue weighted by Crippen LogP contribution is 2.28. The van der Waals surface area contributed by atoms with Crippen LogP contribution in [0.2, 0.25) is 5.02 Å². The summed E-state index contributed by atoms with van der Waals surface area (Å²) in [4.78, 5) is 9.07. The number of rotatable bonds is 5. The lowest BCUT2D eigenvalue weighted by Crippen LogP contribution is -2.07. The van der Waals surface area contributed by atoms with E-state index < -0.39 is 0 Å². The summed E-state index contributed by atoms with van der Waals surface area (Å²) in [6.45, 7) is 3.94. The number of hydrogen-bond donors (Lipinski definition) is 2. The number of thiazole rings is 1. The zero-order chi connectivity index (χ0) is 17.9. The van der Waals surface area contributed by atoms with Gasteiger partial charge in [-0.25, -0.2) is 4.98 Å². The average Bonchev–Trinajstić information content (AvgIpc) is 3.21. The van der Waals surface area contributed by atoms with Crippen LogP contribution >= 0.6 is 34.7 Å². The minimum absolute atomic E-state index is 0.571. The maximum atomic E-state index is 6.03. The lowest BCUT2D eigenvalue weighted by molar-refractivity contribution is 0.976. The number of halogens is 1. The topological polar surface area (TPSA) is 49.3 Å². The van der Waals surface area contributed by atoms with E-state index in [2.05, 4.69) is 51.8 Å². The second kappa shape index (κ2) is 7.86. The second-order valence-corrected chi connectivity index (χ2v) is 9.10. The normalized spacial score (nSPS) is 16.7. The molecule has 0 fully saturated rings. The highest BCUT2D eigenvalue weighted by atomic mass is 35.5. The van der Waals surface area contributed by atoms with Crippen molar-refractivity contribution in [2.45, 2.75) is 18.6 Å². The molecule has 0 aliphatic carbocycles. The van der Waals surface area contributed by atoms with Gasteiger partial charge in [0, 0.05) is 22.5 Å². The minimum atomic E-state index is 0.571. The van der Waals surface area contributed by atoms with E-state index in [4.69, 9.17) is 11.6 Å². The van der Waals surface area contributed by atoms with Crippen LogP contribution < -0.4 is 10.6 Å². The monoisotopic (exact) mass is 402 g/mol. The van der Waals surface area contributed by atoms with Crippen molar-refractivity contribution in [2.75, 3.05) is 23.7 Å². The number of hydrogen-bond acceptors (Lipinski definition) is 6. The Hall–Kier alpha value is -1.76. The van der Waals surface area contributed by atoms with E-state index in [1.165, 1.54) is 5.56 Å². The molecule has 134 valence electrons. The Morgan fingerprint density at radius 3 is 2.81 bits per heavy atom. The van der Waals surface area contributed by atoms with Crippen LogP contribution in [0.1, 0.15) is 12.5 Å². The van der Waals surface area contributed by atoms with Gasteiger partial charge in [-0.15, -0.1) is 0 Å². The zero-order valence-corrected chi connectivity index (χ0v) is 16.7. The fourth-order valence-electron chi connectivity index (χ4n) is 2.71. The SMILES string of the molecule is CC1CN=C(Nc2ccc(CCNc3nc4ccc(Cl)cc4s3)cc2)S1. The summed E-state index contributed by atoms with van der Waals surface area (Å²) in [6.07, 6.45) is 0.948. The van der Waals surface area contributed by atoms with Crippen molar-refractivity contribution in [1.82, 2.24) is 4.98 Å². The number of benzene rings is 2. The highest BCUT2D eigenvalue weighted by Gasteiger charge is 2.14. The van der Waals surface area contributed by atoms with Crippen LogP contribution in [0.4, 0.5) is 10.8 Å². The summed E-state index contributed by atoms with van der Waals surface area (Å²) in [7, 11) is 0. The van der Waals surface area contributed by atoms with Gasteiger partial charge in [0.15, 0.2) is 10.3 Å². The maximum Gasteiger partial charge on any atom is 0.183 e. The minimum Gasteiger partial charge on any atom is -0.361 e. The lowest BCUT2D eigenvalue weighted by atomic mass is 10.1. The zero-order valence-electron chi connectivity index (χ0n) is 14.3. The highest BCUT2D eigenvalue weighted by molar-refractivity contribution is 8.15. The quantitative estimate of drug-likeness (QED) is 0.591. The predicted octanol–water partition coefficient (Wildman–Crippen LogP) is 5.51. The number of anilines is 2. The van der Waals surface area contributed by atoms with E-state index in [0.29, 0.717) is 5.25 Å². The first-order chi connectivity index (χ1) is 12.7. The molecule has 0 saturated heterocycles. The van der Waals surface area contributed by atoms with Crippen LogP contribution in [0.3, 0.4) is 0 Å². The van der Waals surface area contributed by atoms with Gasteiger partial charge < -0.3 is 10.6 Å². The summed E-state index contributed by atoms with van der Waals surface area (Å²) in [5.74, 6) is 0. The molecule has 2 aromatic carbocycles. The van der Waals surface area contributed by atoms with Gasteiger partial charge in [0.05, 0.1) is 16.8 Å². The number of fused-ring (bicyclic) bond motifs is 1. The molecule has 0 spiro atoms. The molecule has 0 bridgehead atoms. The average molecular weight is 403 g/mol. The van der Waals surface area contributed by atoms with E-state index in [0.717, 1.165) is 50.7 Å². The number of aliphatic imine (C=N–C) groups is 1. The fraction of sp³-hybridized carbons (Fsp3) is 0.263. The molecule has 1 aliphatic heterocycles. The third-order valence-electron chi connectivity index (χ3n) is 4.05. The van der Waals surface area contributed by atoms with Gasteiger partial charge in [0.1, 0.15) is 0 Å². The molecule has 1 atom stereocenters. The molecule has 1 aliphatic rings. The van der Waals surface area contributed by atoms with Crippen molar-refractivity contribution in [3.8, 4) is 0 Å².